The molecule has 2 saturated heterocycles. The molecule has 2 aliphatic rings. The van der Waals surface area contributed by atoms with Gasteiger partial charge in [-0.25, -0.2) is 4.79 Å². The number of carbonyl (C=O) groups excluding carboxylic acids is 1. The SMILES string of the molecule is O=C1CCCN1C1(C(=O)O)CCSCC1. The average Bonchev–Trinajstić information content (AvgIpc) is 2.66. The number of thioether (sulfide) groups is 1. The Kier molecular flexibility index (Phi) is 2.91. The summed E-state index contributed by atoms with van der Waals surface area (Å²) in [5.41, 5.74) is -0.890. The maximum Gasteiger partial charge on any atom is 0.329 e. The highest BCUT2D eigenvalue weighted by molar-refractivity contribution is 7.99. The van der Waals surface area contributed by atoms with Crippen LogP contribution in [-0.2, 0) is 9.59 Å². The lowest BCUT2D eigenvalue weighted by molar-refractivity contribution is -0.157. The van der Waals surface area contributed by atoms with Gasteiger partial charge in [-0.3, -0.25) is 4.79 Å². The minimum Gasteiger partial charge on any atom is -0.479 e. The molecule has 2 aliphatic heterocycles. The van der Waals surface area contributed by atoms with Gasteiger partial charge < -0.3 is 10.0 Å². The third-order valence-electron chi connectivity index (χ3n) is 3.31. The van der Waals surface area contributed by atoms with Crippen LogP contribution in [0.4, 0.5) is 0 Å². The second-order valence-electron chi connectivity index (χ2n) is 4.10. The van der Waals surface area contributed by atoms with E-state index in [0.29, 0.717) is 25.8 Å². The average molecular weight is 229 g/mol. The maximum atomic E-state index is 11.6. The molecule has 1 N–H and O–H groups in total. The second kappa shape index (κ2) is 4.04. The first-order valence-corrected chi connectivity index (χ1v) is 6.44. The van der Waals surface area contributed by atoms with Crippen molar-refractivity contribution in [2.45, 2.75) is 31.2 Å². The lowest BCUT2D eigenvalue weighted by Gasteiger charge is -2.40. The van der Waals surface area contributed by atoms with Crippen molar-refractivity contribution in [1.29, 1.82) is 0 Å². The molecule has 0 aromatic carbocycles. The zero-order valence-electron chi connectivity index (χ0n) is 8.57. The molecule has 2 heterocycles. The van der Waals surface area contributed by atoms with Crippen molar-refractivity contribution >= 4 is 23.6 Å². The third-order valence-corrected chi connectivity index (χ3v) is 4.29. The van der Waals surface area contributed by atoms with E-state index in [4.69, 9.17) is 0 Å². The Morgan fingerprint density at radius 1 is 1.40 bits per heavy atom. The van der Waals surface area contributed by atoms with Crippen LogP contribution in [0.5, 0.6) is 0 Å². The lowest BCUT2D eigenvalue weighted by atomic mass is 9.90. The quantitative estimate of drug-likeness (QED) is 0.766. The van der Waals surface area contributed by atoms with Gasteiger partial charge in [-0.1, -0.05) is 0 Å². The van der Waals surface area contributed by atoms with Gasteiger partial charge in [0, 0.05) is 13.0 Å². The van der Waals surface area contributed by atoms with Crippen molar-refractivity contribution in [3.63, 3.8) is 0 Å². The molecule has 1 amide bonds. The van der Waals surface area contributed by atoms with Crippen LogP contribution in [0.15, 0.2) is 0 Å². The van der Waals surface area contributed by atoms with Crippen molar-refractivity contribution in [3.8, 4) is 0 Å². The summed E-state index contributed by atoms with van der Waals surface area (Å²) in [6.07, 6.45) is 2.51. The third kappa shape index (κ3) is 1.73. The molecule has 84 valence electrons. The van der Waals surface area contributed by atoms with E-state index >= 15 is 0 Å². The van der Waals surface area contributed by atoms with Gasteiger partial charge in [-0.2, -0.15) is 11.8 Å². The number of aliphatic carboxylic acids is 1. The summed E-state index contributed by atoms with van der Waals surface area (Å²) in [4.78, 5) is 24.7. The van der Waals surface area contributed by atoms with E-state index < -0.39 is 11.5 Å². The van der Waals surface area contributed by atoms with Gasteiger partial charge in [-0.15, -0.1) is 0 Å². The second-order valence-corrected chi connectivity index (χ2v) is 5.32. The summed E-state index contributed by atoms with van der Waals surface area (Å²) >= 11 is 1.77. The molecule has 0 radical (unpaired) electrons. The minimum absolute atomic E-state index is 0.0179. The number of carboxylic acid groups (broad SMARTS) is 1. The fourth-order valence-electron chi connectivity index (χ4n) is 2.41. The van der Waals surface area contributed by atoms with E-state index in [2.05, 4.69) is 0 Å². The van der Waals surface area contributed by atoms with Crippen LogP contribution in [0.2, 0.25) is 0 Å². The molecule has 0 spiro atoms. The van der Waals surface area contributed by atoms with Gasteiger partial charge in [0.2, 0.25) is 5.91 Å². The number of carbonyl (C=O) groups is 2. The molecule has 0 bridgehead atoms. The molecule has 5 heteroatoms. The summed E-state index contributed by atoms with van der Waals surface area (Å²) < 4.78 is 0. The van der Waals surface area contributed by atoms with E-state index in [1.54, 1.807) is 16.7 Å². The Hall–Kier alpha value is -0.710. The molecule has 4 nitrogen and oxygen atoms in total. The van der Waals surface area contributed by atoms with Gasteiger partial charge >= 0.3 is 5.97 Å². The Labute approximate surface area is 93.0 Å². The van der Waals surface area contributed by atoms with Crippen molar-refractivity contribution in [1.82, 2.24) is 4.90 Å². The standard InChI is InChI=1S/C10H15NO3S/c12-8-2-1-5-11(8)10(9(13)14)3-6-15-7-4-10/h1-7H2,(H,13,14). The fourth-order valence-corrected chi connectivity index (χ4v) is 3.58. The van der Waals surface area contributed by atoms with Gasteiger partial charge in [0.1, 0.15) is 5.54 Å². The molecule has 0 aromatic rings. The highest BCUT2D eigenvalue weighted by atomic mass is 32.2. The first kappa shape index (κ1) is 10.8. The molecular formula is C10H15NO3S. The summed E-state index contributed by atoms with van der Waals surface area (Å²) in [6.45, 7) is 0.621. The van der Waals surface area contributed by atoms with E-state index in [0.717, 1.165) is 17.9 Å². The zero-order valence-corrected chi connectivity index (χ0v) is 9.39. The van der Waals surface area contributed by atoms with Gasteiger partial charge in [0.15, 0.2) is 0 Å². The number of hydrogen-bond acceptors (Lipinski definition) is 3. The van der Waals surface area contributed by atoms with Crippen molar-refractivity contribution < 1.29 is 14.7 Å². The van der Waals surface area contributed by atoms with Crippen LogP contribution >= 0.6 is 11.8 Å². The largest absolute Gasteiger partial charge is 0.479 e. The first-order valence-electron chi connectivity index (χ1n) is 5.28. The van der Waals surface area contributed by atoms with E-state index in [9.17, 15) is 14.7 Å². The number of rotatable bonds is 2. The zero-order chi connectivity index (χ0) is 10.9. The maximum absolute atomic E-state index is 11.6. The monoisotopic (exact) mass is 229 g/mol. The predicted octanol–water partition coefficient (Wildman–Crippen LogP) is 0.959. The highest BCUT2D eigenvalue weighted by Gasteiger charge is 2.48. The number of likely N-dealkylation sites (tertiary alicyclic amines) is 1. The smallest absolute Gasteiger partial charge is 0.329 e. The molecule has 0 aliphatic carbocycles. The molecule has 0 unspecified atom stereocenters. The molecule has 0 atom stereocenters. The highest BCUT2D eigenvalue weighted by Crippen LogP contribution is 2.35. The van der Waals surface area contributed by atoms with E-state index in [-0.39, 0.29) is 5.91 Å². The molecule has 15 heavy (non-hydrogen) atoms. The van der Waals surface area contributed by atoms with Gasteiger partial charge in [0.25, 0.3) is 0 Å². The number of nitrogens with zero attached hydrogens (tertiary/aromatic N) is 1. The van der Waals surface area contributed by atoms with Crippen LogP contribution in [0, 0.1) is 0 Å². The minimum atomic E-state index is -0.890. The summed E-state index contributed by atoms with van der Waals surface area (Å²) in [5.74, 6) is 0.883. The van der Waals surface area contributed by atoms with Gasteiger partial charge in [0.05, 0.1) is 0 Å². The Morgan fingerprint density at radius 2 is 2.07 bits per heavy atom. The lowest BCUT2D eigenvalue weighted by Crippen LogP contribution is -2.57. The van der Waals surface area contributed by atoms with Crippen LogP contribution in [0.25, 0.3) is 0 Å². The first-order chi connectivity index (χ1) is 7.17. The Balaban J connectivity index is 2.24. The predicted molar refractivity (Wildman–Crippen MR) is 57.9 cm³/mol. The van der Waals surface area contributed by atoms with E-state index in [1.165, 1.54) is 0 Å². The van der Waals surface area contributed by atoms with Crippen molar-refractivity contribution in [3.05, 3.63) is 0 Å². The summed E-state index contributed by atoms with van der Waals surface area (Å²) in [7, 11) is 0. The Bertz CT molecular complexity index is 286. The number of carboxylic acids is 1. The van der Waals surface area contributed by atoms with Crippen LogP contribution < -0.4 is 0 Å². The Morgan fingerprint density at radius 3 is 2.53 bits per heavy atom. The van der Waals surface area contributed by atoms with Crippen molar-refractivity contribution in [2.24, 2.45) is 0 Å². The van der Waals surface area contributed by atoms with E-state index in [1.807, 2.05) is 0 Å². The molecule has 0 aromatic heterocycles. The van der Waals surface area contributed by atoms with Crippen LogP contribution in [0.1, 0.15) is 25.7 Å². The van der Waals surface area contributed by atoms with Crippen LogP contribution in [0.3, 0.4) is 0 Å². The number of hydrogen-bond donors (Lipinski definition) is 1. The fraction of sp³-hybridized carbons (Fsp3) is 0.800. The van der Waals surface area contributed by atoms with Crippen LogP contribution in [-0.4, -0.2) is 45.5 Å². The topological polar surface area (TPSA) is 57.6 Å². The molecule has 0 saturated carbocycles. The molecule has 2 rings (SSSR count). The summed E-state index contributed by atoms with van der Waals surface area (Å²) in [5, 5.41) is 9.36. The van der Waals surface area contributed by atoms with Gasteiger partial charge in [-0.05, 0) is 30.8 Å². The number of amides is 1. The van der Waals surface area contributed by atoms with Crippen molar-refractivity contribution in [2.75, 3.05) is 18.1 Å². The molecule has 2 fully saturated rings. The molecular weight excluding hydrogens is 214 g/mol. The normalized spacial score (nSPS) is 25.6. The summed E-state index contributed by atoms with van der Waals surface area (Å²) in [6, 6.07) is 0.